The number of aromatic nitrogens is 1. The highest BCUT2D eigenvalue weighted by atomic mass is 32.2. The molecule has 1 aromatic heterocycles. The Morgan fingerprint density at radius 2 is 1.05 bits per heavy atom. The Morgan fingerprint density at radius 1 is 0.517 bits per heavy atom. The third-order valence-corrected chi connectivity index (χ3v) is 12.6. The molecule has 0 amide bonds. The second-order valence-corrected chi connectivity index (χ2v) is 16.4. The molecule has 288 valence electrons. The van der Waals surface area contributed by atoms with Crippen molar-refractivity contribution < 1.29 is 0 Å². The van der Waals surface area contributed by atoms with Crippen molar-refractivity contribution >= 4 is 66.6 Å². The van der Waals surface area contributed by atoms with Crippen LogP contribution < -0.4 is 0 Å². The van der Waals surface area contributed by atoms with E-state index in [0.29, 0.717) is 0 Å². The van der Waals surface area contributed by atoms with Gasteiger partial charge in [0.15, 0.2) is 0 Å². The van der Waals surface area contributed by atoms with Crippen LogP contribution in [0.15, 0.2) is 224 Å². The Hall–Kier alpha value is -7.07. The first-order chi connectivity index (χ1) is 29.6. The Kier molecular flexibility index (Phi) is 10.1. The second-order valence-electron chi connectivity index (χ2n) is 15.3. The van der Waals surface area contributed by atoms with E-state index in [1.165, 1.54) is 76.7 Å². The molecule has 0 spiro atoms. The summed E-state index contributed by atoms with van der Waals surface area (Å²) in [6, 6.07) is 74.6. The molecule has 3 heteroatoms. The molecule has 60 heavy (non-hydrogen) atoms. The van der Waals surface area contributed by atoms with E-state index in [1.54, 1.807) is 11.9 Å². The van der Waals surface area contributed by atoms with Crippen molar-refractivity contribution in [2.24, 2.45) is 0 Å². The lowest BCUT2D eigenvalue weighted by Gasteiger charge is -2.24. The van der Waals surface area contributed by atoms with Gasteiger partial charge >= 0.3 is 0 Å². The summed E-state index contributed by atoms with van der Waals surface area (Å²) >= 11 is 1.71. The molecule has 0 atom stereocenters. The van der Waals surface area contributed by atoms with Gasteiger partial charge in [-0.2, -0.15) is 0 Å². The number of nitrogens with zero attached hydrogens (tertiary/aromatic N) is 2. The summed E-state index contributed by atoms with van der Waals surface area (Å²) in [4.78, 5) is 1.15. The number of para-hydroxylation sites is 2. The fraction of sp³-hybridized carbons (Fsp3) is 0.0526. The van der Waals surface area contributed by atoms with Crippen molar-refractivity contribution in [3.8, 4) is 27.9 Å². The topological polar surface area (TPSA) is 8.17 Å². The summed E-state index contributed by atoms with van der Waals surface area (Å²) in [5.74, 6) is 0. The highest BCUT2D eigenvalue weighted by Crippen LogP contribution is 2.39. The van der Waals surface area contributed by atoms with Crippen LogP contribution in [0.25, 0.3) is 82.6 Å². The maximum absolute atomic E-state index is 4.63. The van der Waals surface area contributed by atoms with Crippen LogP contribution in [0.2, 0.25) is 0 Å². The molecule has 0 aliphatic rings. The molecule has 9 aromatic carbocycles. The fourth-order valence-electron chi connectivity index (χ4n) is 8.59. The molecule has 0 bridgehead atoms. The van der Waals surface area contributed by atoms with Crippen LogP contribution in [-0.2, 0) is 0 Å². The van der Waals surface area contributed by atoms with Crippen LogP contribution in [0, 0.1) is 0 Å². The quantitative estimate of drug-likeness (QED) is 0.0953. The van der Waals surface area contributed by atoms with Gasteiger partial charge in [0.25, 0.3) is 0 Å². The summed E-state index contributed by atoms with van der Waals surface area (Å²) in [7, 11) is 0. The average molecular weight is 789 g/mol. The largest absolute Gasteiger partial charge is 0.309 e. The second kappa shape index (κ2) is 16.3. The zero-order chi connectivity index (χ0) is 40.4. The monoisotopic (exact) mass is 788 g/mol. The van der Waals surface area contributed by atoms with Gasteiger partial charge < -0.3 is 4.57 Å². The maximum Gasteiger partial charge on any atom is 0.0541 e. The van der Waals surface area contributed by atoms with Crippen LogP contribution in [0.1, 0.15) is 30.9 Å². The van der Waals surface area contributed by atoms with Gasteiger partial charge in [-0.3, -0.25) is 4.31 Å². The summed E-state index contributed by atoms with van der Waals surface area (Å²) in [5.41, 5.74) is 13.0. The first-order valence-electron chi connectivity index (χ1n) is 20.8. The molecule has 0 aliphatic heterocycles. The van der Waals surface area contributed by atoms with Gasteiger partial charge in [0.2, 0.25) is 0 Å². The van der Waals surface area contributed by atoms with Crippen molar-refractivity contribution in [1.29, 1.82) is 0 Å². The van der Waals surface area contributed by atoms with Crippen LogP contribution in [0.4, 0.5) is 0 Å². The van der Waals surface area contributed by atoms with E-state index in [-0.39, 0.29) is 0 Å². The smallest absolute Gasteiger partial charge is 0.0541 e. The number of allylic oxidation sites excluding steroid dienone is 1. The fourth-order valence-corrected chi connectivity index (χ4v) is 9.47. The zero-order valence-electron chi connectivity index (χ0n) is 33.6. The highest BCUT2D eigenvalue weighted by molar-refractivity contribution is 7.97. The molecule has 0 saturated heterocycles. The Bertz CT molecular complexity index is 3120. The number of hydrogen-bond acceptors (Lipinski definition) is 2. The van der Waals surface area contributed by atoms with Gasteiger partial charge in [-0.05, 0) is 121 Å². The van der Waals surface area contributed by atoms with Crippen molar-refractivity contribution in [3.05, 3.63) is 230 Å². The molecule has 1 heterocycles. The number of hydrogen-bond donors (Lipinski definition) is 0. The van der Waals surface area contributed by atoms with E-state index in [1.807, 2.05) is 0 Å². The van der Waals surface area contributed by atoms with Crippen molar-refractivity contribution in [1.82, 2.24) is 8.87 Å². The normalized spacial score (nSPS) is 11.8. The Morgan fingerprint density at radius 3 is 1.70 bits per heavy atom. The van der Waals surface area contributed by atoms with E-state index in [4.69, 9.17) is 0 Å². The van der Waals surface area contributed by atoms with E-state index in [2.05, 4.69) is 235 Å². The van der Waals surface area contributed by atoms with Crippen molar-refractivity contribution in [2.45, 2.75) is 24.7 Å². The molecule has 0 radical (unpaired) electrons. The van der Waals surface area contributed by atoms with Gasteiger partial charge in [0.05, 0.1) is 16.7 Å². The molecule has 10 rings (SSSR count). The van der Waals surface area contributed by atoms with E-state index in [0.717, 1.165) is 34.7 Å². The van der Waals surface area contributed by atoms with Gasteiger partial charge in [0.1, 0.15) is 0 Å². The molecule has 0 fully saturated rings. The summed E-state index contributed by atoms with van der Waals surface area (Å²) < 4.78 is 4.62. The SMILES string of the molecule is C=C(c1ccccc1)N(/C=C(\CCC)c1ccc(-c2ccc(-n3c4ccccc4c4ccccc43)cc2)cc1)Sc1ccc(-c2cc3ccccc3c3ccccc23)cc1. The van der Waals surface area contributed by atoms with Crippen molar-refractivity contribution in [3.63, 3.8) is 0 Å². The van der Waals surface area contributed by atoms with Gasteiger partial charge in [-0.1, -0.05) is 184 Å². The van der Waals surface area contributed by atoms with E-state index >= 15 is 0 Å². The standard InChI is InChI=1S/C57H44N2S/c1-3-15-47(44-28-26-42(27-29-44)43-30-34-48(35-31-43)59-56-24-13-11-22-53(56)54-23-12-14-25-57(54)59)39-58(40(2)41-16-5-4-6-17-41)60-49-36-32-45(33-37-49)55-38-46-18-7-8-19-50(46)51-20-9-10-21-52(51)55/h4-14,16-39H,2-3,15H2,1H3/b47-39+. The Labute approximate surface area is 356 Å². The van der Waals surface area contributed by atoms with Gasteiger partial charge in [-0.25, -0.2) is 0 Å². The summed E-state index contributed by atoms with van der Waals surface area (Å²) in [6.07, 6.45) is 4.27. The lowest BCUT2D eigenvalue weighted by atomic mass is 9.93. The first-order valence-corrected chi connectivity index (χ1v) is 21.5. The molecule has 10 aromatic rings. The third kappa shape index (κ3) is 7.08. The minimum Gasteiger partial charge on any atom is -0.309 e. The van der Waals surface area contributed by atoms with Crippen LogP contribution in [-0.4, -0.2) is 8.87 Å². The predicted octanol–water partition coefficient (Wildman–Crippen LogP) is 16.2. The number of benzene rings is 9. The number of fused-ring (bicyclic) bond motifs is 6. The Balaban J connectivity index is 0.946. The molecular formula is C57H44N2S. The van der Waals surface area contributed by atoms with E-state index in [9.17, 15) is 0 Å². The minimum atomic E-state index is 0.943. The van der Waals surface area contributed by atoms with Gasteiger partial charge in [-0.15, -0.1) is 0 Å². The average Bonchev–Trinajstić information content (AvgIpc) is 3.66. The van der Waals surface area contributed by atoms with E-state index < -0.39 is 0 Å². The molecule has 0 unspecified atom stereocenters. The van der Waals surface area contributed by atoms with Crippen molar-refractivity contribution in [2.75, 3.05) is 0 Å². The lowest BCUT2D eigenvalue weighted by Crippen LogP contribution is -2.07. The van der Waals surface area contributed by atoms with Crippen LogP contribution >= 0.6 is 11.9 Å². The summed E-state index contributed by atoms with van der Waals surface area (Å²) in [6.45, 7) is 6.88. The molecule has 2 nitrogen and oxygen atoms in total. The van der Waals surface area contributed by atoms with Crippen LogP contribution in [0.5, 0.6) is 0 Å². The highest BCUT2D eigenvalue weighted by Gasteiger charge is 2.15. The first kappa shape index (κ1) is 37.2. The summed E-state index contributed by atoms with van der Waals surface area (Å²) in [5, 5.41) is 7.64. The molecule has 0 aliphatic carbocycles. The minimum absolute atomic E-state index is 0.943. The maximum atomic E-state index is 4.63. The molecule has 0 saturated carbocycles. The third-order valence-electron chi connectivity index (χ3n) is 11.6. The molecular weight excluding hydrogens is 745 g/mol. The number of rotatable bonds is 11. The van der Waals surface area contributed by atoms with Gasteiger partial charge in [0, 0.05) is 27.6 Å². The lowest BCUT2D eigenvalue weighted by molar-refractivity contribution is 0.870. The predicted molar refractivity (Wildman–Crippen MR) is 259 cm³/mol. The molecule has 0 N–H and O–H groups in total. The zero-order valence-corrected chi connectivity index (χ0v) is 34.4. The van der Waals surface area contributed by atoms with Crippen LogP contribution in [0.3, 0.4) is 0 Å².